The van der Waals surface area contributed by atoms with Crippen molar-refractivity contribution in [3.63, 3.8) is 0 Å². The molecule has 2 amide bonds. The molecule has 0 bridgehead atoms. The van der Waals surface area contributed by atoms with Gasteiger partial charge in [-0.05, 0) is 40.7 Å². The van der Waals surface area contributed by atoms with Crippen molar-refractivity contribution < 1.29 is 18.7 Å². The Bertz CT molecular complexity index is 474. The molecular formula is C14H22N2O4. The van der Waals surface area contributed by atoms with Gasteiger partial charge in [0.2, 0.25) is 0 Å². The number of furan rings is 1. The number of carbonyl (C=O) groups is 2. The lowest BCUT2D eigenvalue weighted by Crippen LogP contribution is -2.43. The van der Waals surface area contributed by atoms with Crippen LogP contribution in [0.15, 0.2) is 16.7 Å². The van der Waals surface area contributed by atoms with Gasteiger partial charge in [-0.2, -0.15) is 0 Å². The molecule has 0 radical (unpaired) electrons. The van der Waals surface area contributed by atoms with Crippen LogP contribution in [-0.4, -0.2) is 30.2 Å². The minimum Gasteiger partial charge on any atom is -0.459 e. The van der Waals surface area contributed by atoms with Crippen LogP contribution in [0.2, 0.25) is 0 Å². The molecule has 0 aromatic carbocycles. The van der Waals surface area contributed by atoms with Crippen LogP contribution in [0.5, 0.6) is 0 Å². The van der Waals surface area contributed by atoms with Gasteiger partial charge >= 0.3 is 6.09 Å². The highest BCUT2D eigenvalue weighted by Crippen LogP contribution is 2.08. The second kappa shape index (κ2) is 6.45. The Morgan fingerprint density at radius 3 is 2.55 bits per heavy atom. The molecule has 2 N–H and O–H groups in total. The zero-order valence-corrected chi connectivity index (χ0v) is 12.6. The Labute approximate surface area is 118 Å². The van der Waals surface area contributed by atoms with Crippen molar-refractivity contribution >= 4 is 12.0 Å². The van der Waals surface area contributed by atoms with Gasteiger partial charge in [-0.25, -0.2) is 4.79 Å². The third-order valence-electron chi connectivity index (χ3n) is 2.40. The zero-order valence-electron chi connectivity index (χ0n) is 12.6. The average molecular weight is 282 g/mol. The predicted molar refractivity (Wildman–Crippen MR) is 74.6 cm³/mol. The summed E-state index contributed by atoms with van der Waals surface area (Å²) < 4.78 is 10.2. The number of hydrogen-bond acceptors (Lipinski definition) is 4. The van der Waals surface area contributed by atoms with E-state index in [9.17, 15) is 9.59 Å². The molecule has 6 nitrogen and oxygen atoms in total. The second-order valence-electron chi connectivity index (χ2n) is 5.69. The van der Waals surface area contributed by atoms with Gasteiger partial charge < -0.3 is 19.8 Å². The summed E-state index contributed by atoms with van der Waals surface area (Å²) in [4.78, 5) is 23.3. The molecule has 1 aromatic rings. The monoisotopic (exact) mass is 282 g/mol. The SMILES string of the molecule is Cc1ccoc1C(=O)NC[C@@H](C)NC(=O)OC(C)(C)C. The van der Waals surface area contributed by atoms with E-state index < -0.39 is 11.7 Å². The first-order chi connectivity index (χ1) is 9.19. The highest BCUT2D eigenvalue weighted by molar-refractivity contribution is 5.92. The Balaban J connectivity index is 2.37. The average Bonchev–Trinajstić information content (AvgIpc) is 2.69. The van der Waals surface area contributed by atoms with Gasteiger partial charge in [-0.1, -0.05) is 0 Å². The molecule has 112 valence electrons. The molecule has 20 heavy (non-hydrogen) atoms. The number of nitrogens with one attached hydrogen (secondary N) is 2. The summed E-state index contributed by atoms with van der Waals surface area (Å²) in [5.41, 5.74) is 0.230. The Kier molecular flexibility index (Phi) is 5.19. The van der Waals surface area contributed by atoms with E-state index in [0.29, 0.717) is 0 Å². The topological polar surface area (TPSA) is 80.6 Å². The summed E-state index contributed by atoms with van der Waals surface area (Å²) in [5.74, 6) is -0.0141. The fourth-order valence-electron chi connectivity index (χ4n) is 1.49. The van der Waals surface area contributed by atoms with Crippen LogP contribution in [-0.2, 0) is 4.74 Å². The van der Waals surface area contributed by atoms with Crippen LogP contribution in [0.25, 0.3) is 0 Å². The molecule has 1 rings (SSSR count). The van der Waals surface area contributed by atoms with Crippen LogP contribution in [0.4, 0.5) is 4.79 Å². The standard InChI is InChI=1S/C14H22N2O4/c1-9-6-7-19-11(9)12(17)15-8-10(2)16-13(18)20-14(3,4)5/h6-7,10H,8H2,1-5H3,(H,15,17)(H,16,18)/t10-/m1/s1. The van der Waals surface area contributed by atoms with Gasteiger partial charge in [0, 0.05) is 18.2 Å². The van der Waals surface area contributed by atoms with Crippen molar-refractivity contribution in [3.05, 3.63) is 23.7 Å². The van der Waals surface area contributed by atoms with Crippen molar-refractivity contribution in [3.8, 4) is 0 Å². The van der Waals surface area contributed by atoms with Gasteiger partial charge in [0.1, 0.15) is 5.60 Å². The first-order valence-electron chi connectivity index (χ1n) is 6.51. The number of alkyl carbamates (subject to hydrolysis) is 1. The zero-order chi connectivity index (χ0) is 15.3. The highest BCUT2D eigenvalue weighted by Gasteiger charge is 2.18. The maximum absolute atomic E-state index is 11.8. The molecule has 1 aromatic heterocycles. The summed E-state index contributed by atoms with van der Waals surface area (Å²) in [6.07, 6.45) is 0.959. The molecule has 1 heterocycles. The largest absolute Gasteiger partial charge is 0.459 e. The highest BCUT2D eigenvalue weighted by atomic mass is 16.6. The first-order valence-corrected chi connectivity index (χ1v) is 6.51. The number of ether oxygens (including phenoxy) is 1. The van der Waals surface area contributed by atoms with Crippen molar-refractivity contribution in [1.82, 2.24) is 10.6 Å². The lowest BCUT2D eigenvalue weighted by atomic mass is 10.2. The summed E-state index contributed by atoms with van der Waals surface area (Å²) in [7, 11) is 0. The van der Waals surface area contributed by atoms with Crippen LogP contribution in [0, 0.1) is 6.92 Å². The Hall–Kier alpha value is -1.98. The number of rotatable bonds is 4. The van der Waals surface area contributed by atoms with E-state index in [1.54, 1.807) is 40.7 Å². The molecule has 0 unspecified atom stereocenters. The molecule has 0 aliphatic rings. The van der Waals surface area contributed by atoms with Gasteiger partial charge in [0.05, 0.1) is 6.26 Å². The number of amides is 2. The third-order valence-corrected chi connectivity index (χ3v) is 2.40. The fourth-order valence-corrected chi connectivity index (χ4v) is 1.49. The summed E-state index contributed by atoms with van der Waals surface area (Å²) in [5, 5.41) is 5.34. The molecule has 0 aliphatic heterocycles. The summed E-state index contributed by atoms with van der Waals surface area (Å²) >= 11 is 0. The summed E-state index contributed by atoms with van der Waals surface area (Å²) in [6, 6.07) is 1.47. The van der Waals surface area contributed by atoms with E-state index in [2.05, 4.69) is 10.6 Å². The maximum atomic E-state index is 11.8. The molecule has 0 fully saturated rings. The van der Waals surface area contributed by atoms with Crippen molar-refractivity contribution in [1.29, 1.82) is 0 Å². The molecular weight excluding hydrogens is 260 g/mol. The van der Waals surface area contributed by atoms with Crippen LogP contribution in [0.1, 0.15) is 43.8 Å². The smallest absolute Gasteiger partial charge is 0.407 e. The van der Waals surface area contributed by atoms with Crippen LogP contribution in [0.3, 0.4) is 0 Å². The first kappa shape index (κ1) is 16.1. The Morgan fingerprint density at radius 1 is 1.40 bits per heavy atom. The van der Waals surface area contributed by atoms with Crippen molar-refractivity contribution in [2.45, 2.75) is 46.3 Å². The van der Waals surface area contributed by atoms with Gasteiger partial charge in [-0.3, -0.25) is 4.79 Å². The maximum Gasteiger partial charge on any atom is 0.407 e. The van der Waals surface area contributed by atoms with E-state index in [0.717, 1.165) is 5.56 Å². The Morgan fingerprint density at radius 2 is 2.05 bits per heavy atom. The van der Waals surface area contributed by atoms with E-state index >= 15 is 0 Å². The molecule has 6 heteroatoms. The number of aryl methyl sites for hydroxylation is 1. The minimum absolute atomic E-state index is 0.246. The molecule has 0 saturated heterocycles. The van der Waals surface area contributed by atoms with Crippen molar-refractivity contribution in [2.24, 2.45) is 0 Å². The normalized spacial score (nSPS) is 12.7. The van der Waals surface area contributed by atoms with E-state index in [1.165, 1.54) is 6.26 Å². The predicted octanol–water partition coefficient (Wildman–Crippen LogP) is 2.23. The second-order valence-corrected chi connectivity index (χ2v) is 5.69. The van der Waals surface area contributed by atoms with Crippen LogP contribution >= 0.6 is 0 Å². The quantitative estimate of drug-likeness (QED) is 0.887. The lowest BCUT2D eigenvalue weighted by molar-refractivity contribution is 0.0506. The molecule has 0 spiro atoms. The van der Waals surface area contributed by atoms with Gasteiger partial charge in [0.15, 0.2) is 5.76 Å². The van der Waals surface area contributed by atoms with Gasteiger partial charge in [-0.15, -0.1) is 0 Å². The lowest BCUT2D eigenvalue weighted by Gasteiger charge is -2.22. The third kappa shape index (κ3) is 5.34. The number of carbonyl (C=O) groups excluding carboxylic acids is 2. The number of hydrogen-bond donors (Lipinski definition) is 2. The van der Waals surface area contributed by atoms with Crippen LogP contribution < -0.4 is 10.6 Å². The van der Waals surface area contributed by atoms with E-state index in [-0.39, 0.29) is 24.3 Å². The molecule has 0 aliphatic carbocycles. The van der Waals surface area contributed by atoms with Gasteiger partial charge in [0.25, 0.3) is 5.91 Å². The summed E-state index contributed by atoms with van der Waals surface area (Å²) in [6.45, 7) is 9.23. The molecule has 0 saturated carbocycles. The molecule has 1 atom stereocenters. The fraction of sp³-hybridized carbons (Fsp3) is 0.571. The van der Waals surface area contributed by atoms with E-state index in [4.69, 9.17) is 9.15 Å². The minimum atomic E-state index is -0.543. The van der Waals surface area contributed by atoms with Crippen molar-refractivity contribution in [2.75, 3.05) is 6.54 Å². The van der Waals surface area contributed by atoms with E-state index in [1.807, 2.05) is 0 Å².